The van der Waals surface area contributed by atoms with E-state index in [9.17, 15) is 9.59 Å². The van der Waals surface area contributed by atoms with Crippen molar-refractivity contribution < 1.29 is 19.1 Å². The zero-order valence-corrected chi connectivity index (χ0v) is 19.3. The van der Waals surface area contributed by atoms with Crippen LogP contribution in [-0.4, -0.2) is 53.8 Å². The maximum absolute atomic E-state index is 12.9. The number of halogens is 1. The normalized spacial score (nSPS) is 12.9. The first kappa shape index (κ1) is 22.7. The van der Waals surface area contributed by atoms with Crippen molar-refractivity contribution in [2.24, 2.45) is 0 Å². The first-order valence-corrected chi connectivity index (χ1v) is 11.0. The molecule has 1 aliphatic rings. The van der Waals surface area contributed by atoms with E-state index in [-0.39, 0.29) is 17.5 Å². The molecule has 0 spiro atoms. The van der Waals surface area contributed by atoms with Crippen molar-refractivity contribution >= 4 is 23.4 Å². The summed E-state index contributed by atoms with van der Waals surface area (Å²) in [5.41, 5.74) is 2.60. The van der Waals surface area contributed by atoms with Gasteiger partial charge in [0.1, 0.15) is 5.69 Å². The predicted molar refractivity (Wildman–Crippen MR) is 124 cm³/mol. The molecule has 2 aromatic carbocycles. The Bertz CT molecular complexity index is 1180. The van der Waals surface area contributed by atoms with Crippen LogP contribution in [0.25, 0.3) is 0 Å². The molecule has 2 heterocycles. The second-order valence-corrected chi connectivity index (χ2v) is 8.13. The third kappa shape index (κ3) is 5.12. The van der Waals surface area contributed by atoms with Crippen molar-refractivity contribution in [1.29, 1.82) is 0 Å². The molecule has 0 bridgehead atoms. The van der Waals surface area contributed by atoms with Gasteiger partial charge in [0.2, 0.25) is 0 Å². The van der Waals surface area contributed by atoms with Crippen molar-refractivity contribution in [2.75, 3.05) is 27.3 Å². The van der Waals surface area contributed by atoms with Crippen LogP contribution in [0.1, 0.15) is 32.1 Å². The van der Waals surface area contributed by atoms with E-state index < -0.39 is 0 Å². The monoisotopic (exact) mass is 468 g/mol. The molecule has 0 fully saturated rings. The summed E-state index contributed by atoms with van der Waals surface area (Å²) in [6, 6.07) is 14.6. The van der Waals surface area contributed by atoms with Crippen molar-refractivity contribution in [3.05, 3.63) is 76.1 Å². The third-order valence-corrected chi connectivity index (χ3v) is 5.75. The zero-order valence-electron chi connectivity index (χ0n) is 18.5. The summed E-state index contributed by atoms with van der Waals surface area (Å²) in [5, 5.41) is 7.83. The number of aromatic nitrogens is 2. The van der Waals surface area contributed by atoms with Crippen molar-refractivity contribution in [1.82, 2.24) is 20.0 Å². The van der Waals surface area contributed by atoms with Gasteiger partial charge in [0, 0.05) is 30.7 Å². The highest BCUT2D eigenvalue weighted by atomic mass is 35.5. The summed E-state index contributed by atoms with van der Waals surface area (Å²) in [7, 11) is 3.17. The lowest BCUT2D eigenvalue weighted by molar-refractivity contribution is 0.0683. The fraction of sp³-hybridized carbons (Fsp3) is 0.292. The Kier molecular flexibility index (Phi) is 6.84. The van der Waals surface area contributed by atoms with E-state index in [2.05, 4.69) is 10.4 Å². The molecule has 2 amide bonds. The molecule has 0 aliphatic carbocycles. The maximum atomic E-state index is 12.9. The van der Waals surface area contributed by atoms with Gasteiger partial charge in [0.05, 0.1) is 20.8 Å². The minimum absolute atomic E-state index is 0.155. The molecular weight excluding hydrogens is 444 g/mol. The van der Waals surface area contributed by atoms with Gasteiger partial charge in [0.15, 0.2) is 17.2 Å². The van der Waals surface area contributed by atoms with Crippen LogP contribution in [0, 0.1) is 0 Å². The Morgan fingerprint density at radius 3 is 2.64 bits per heavy atom. The van der Waals surface area contributed by atoms with Crippen LogP contribution in [0.15, 0.2) is 48.5 Å². The molecule has 0 radical (unpaired) electrons. The first-order valence-electron chi connectivity index (χ1n) is 10.6. The third-order valence-electron chi connectivity index (χ3n) is 5.51. The number of ether oxygens (including phenoxy) is 2. The van der Waals surface area contributed by atoms with Crippen LogP contribution >= 0.6 is 11.6 Å². The van der Waals surface area contributed by atoms with Gasteiger partial charge in [-0.3, -0.25) is 14.3 Å². The van der Waals surface area contributed by atoms with Crippen molar-refractivity contribution in [3.8, 4) is 11.5 Å². The van der Waals surface area contributed by atoms with Crippen LogP contribution in [0.4, 0.5) is 0 Å². The highest BCUT2D eigenvalue weighted by Crippen LogP contribution is 2.27. The molecule has 1 aromatic heterocycles. The Hall–Kier alpha value is -3.52. The van der Waals surface area contributed by atoms with Gasteiger partial charge in [0.25, 0.3) is 11.8 Å². The lowest BCUT2D eigenvalue weighted by Gasteiger charge is -2.27. The molecule has 9 heteroatoms. The van der Waals surface area contributed by atoms with E-state index in [1.165, 1.54) is 0 Å². The van der Waals surface area contributed by atoms with Crippen LogP contribution < -0.4 is 14.8 Å². The number of nitrogens with zero attached hydrogens (tertiary/aromatic N) is 3. The summed E-state index contributed by atoms with van der Waals surface area (Å²) in [5.74, 6) is 0.830. The zero-order chi connectivity index (χ0) is 23.4. The smallest absolute Gasteiger partial charge is 0.272 e. The quantitative estimate of drug-likeness (QED) is 0.548. The number of hydrogen-bond acceptors (Lipinski definition) is 5. The highest BCUT2D eigenvalue weighted by Gasteiger charge is 2.28. The minimum atomic E-state index is -0.313. The van der Waals surface area contributed by atoms with Crippen LogP contribution in [-0.2, 0) is 19.5 Å². The van der Waals surface area contributed by atoms with E-state index in [1.807, 2.05) is 36.4 Å². The van der Waals surface area contributed by atoms with Gasteiger partial charge in [-0.2, -0.15) is 5.10 Å². The van der Waals surface area contributed by atoms with E-state index in [4.69, 9.17) is 21.1 Å². The van der Waals surface area contributed by atoms with Gasteiger partial charge in [-0.15, -0.1) is 0 Å². The molecule has 1 N–H and O–H groups in total. The second kappa shape index (κ2) is 9.95. The molecule has 8 nitrogen and oxygen atoms in total. The second-order valence-electron chi connectivity index (χ2n) is 7.69. The number of amides is 2. The Balaban J connectivity index is 1.36. The molecule has 0 unspecified atom stereocenters. The molecule has 172 valence electrons. The van der Waals surface area contributed by atoms with E-state index in [0.717, 1.165) is 11.1 Å². The molecule has 0 atom stereocenters. The Labute approximate surface area is 197 Å². The minimum Gasteiger partial charge on any atom is -0.493 e. The summed E-state index contributed by atoms with van der Waals surface area (Å²) in [6.45, 7) is 1.92. The summed E-state index contributed by atoms with van der Waals surface area (Å²) >= 11 is 6.05. The average Bonchev–Trinajstić information content (AvgIpc) is 3.26. The number of benzene rings is 2. The number of fused-ring (bicyclic) bond motifs is 1. The largest absolute Gasteiger partial charge is 0.493 e. The molecule has 0 saturated carbocycles. The topological polar surface area (TPSA) is 85.7 Å². The van der Waals surface area contributed by atoms with Gasteiger partial charge >= 0.3 is 0 Å². The number of rotatable bonds is 8. The SMILES string of the molecule is COc1ccc(CCNC(=O)c2cc3n(n2)CCN(Cc2cccc(Cl)c2)C3=O)cc1OC. The fourth-order valence-electron chi connectivity index (χ4n) is 3.80. The fourth-order valence-corrected chi connectivity index (χ4v) is 4.02. The van der Waals surface area contributed by atoms with Gasteiger partial charge in [-0.25, -0.2) is 0 Å². The molecule has 0 saturated heterocycles. The average molecular weight is 469 g/mol. The van der Waals surface area contributed by atoms with Crippen molar-refractivity contribution in [2.45, 2.75) is 19.5 Å². The molecular formula is C24H25ClN4O4. The highest BCUT2D eigenvalue weighted by molar-refractivity contribution is 6.30. The standard InChI is InChI=1S/C24H25ClN4O4/c1-32-21-7-6-16(13-22(21)33-2)8-9-26-23(30)19-14-20-24(31)28(10-11-29(20)27-19)15-17-4-3-5-18(25)12-17/h3-7,12-14H,8-11,15H2,1-2H3,(H,26,30). The first-order chi connectivity index (χ1) is 16.0. The van der Waals surface area contributed by atoms with Crippen LogP contribution in [0.2, 0.25) is 5.02 Å². The molecule has 1 aliphatic heterocycles. The molecule has 4 rings (SSSR count). The van der Waals surface area contributed by atoms with E-state index >= 15 is 0 Å². The lowest BCUT2D eigenvalue weighted by Crippen LogP contribution is -2.39. The predicted octanol–water partition coefficient (Wildman–Crippen LogP) is 3.18. The van der Waals surface area contributed by atoms with E-state index in [0.29, 0.717) is 54.8 Å². The summed E-state index contributed by atoms with van der Waals surface area (Å²) in [6.07, 6.45) is 0.617. The van der Waals surface area contributed by atoms with Crippen LogP contribution in [0.5, 0.6) is 11.5 Å². The van der Waals surface area contributed by atoms with Gasteiger partial charge in [-0.05, 0) is 41.8 Å². The number of carbonyl (C=O) groups excluding carboxylic acids is 2. The number of carbonyl (C=O) groups is 2. The van der Waals surface area contributed by atoms with Gasteiger partial charge < -0.3 is 19.7 Å². The van der Waals surface area contributed by atoms with Crippen LogP contribution in [0.3, 0.4) is 0 Å². The molecule has 33 heavy (non-hydrogen) atoms. The number of nitrogens with one attached hydrogen (secondary N) is 1. The Morgan fingerprint density at radius 2 is 1.88 bits per heavy atom. The number of methoxy groups -OCH3 is 2. The van der Waals surface area contributed by atoms with Gasteiger partial charge in [-0.1, -0.05) is 29.8 Å². The number of hydrogen-bond donors (Lipinski definition) is 1. The Morgan fingerprint density at radius 1 is 1.06 bits per heavy atom. The molecule has 3 aromatic rings. The maximum Gasteiger partial charge on any atom is 0.272 e. The summed E-state index contributed by atoms with van der Waals surface area (Å²) in [4.78, 5) is 27.3. The summed E-state index contributed by atoms with van der Waals surface area (Å²) < 4.78 is 12.2. The van der Waals surface area contributed by atoms with Crippen molar-refractivity contribution in [3.63, 3.8) is 0 Å². The van der Waals surface area contributed by atoms with E-state index in [1.54, 1.807) is 35.9 Å². The lowest BCUT2D eigenvalue weighted by atomic mass is 10.1.